The lowest BCUT2D eigenvalue weighted by Gasteiger charge is -2.40. The first-order valence-corrected chi connectivity index (χ1v) is 18.3. The summed E-state index contributed by atoms with van der Waals surface area (Å²) in [5.74, 6) is 0. The van der Waals surface area contributed by atoms with Crippen molar-refractivity contribution in [3.05, 3.63) is 192 Å². The molecule has 0 saturated heterocycles. The second kappa shape index (κ2) is 9.57. The minimum absolute atomic E-state index is 0.395. The molecule has 2 aliphatic rings. The largest absolute Gasteiger partial charge is 0.135 e. The van der Waals surface area contributed by atoms with Gasteiger partial charge in [-0.3, -0.25) is 0 Å². The lowest BCUT2D eigenvalue weighted by atomic mass is 9.61. The molecule has 0 amide bonds. The van der Waals surface area contributed by atoms with Gasteiger partial charge < -0.3 is 0 Å². The molecular weight excluding hydrogens is 621 g/mol. The Morgan fingerprint density at radius 1 is 0.300 bits per heavy atom. The summed E-state index contributed by atoms with van der Waals surface area (Å²) in [6, 6.07) is 64.1. The summed E-state index contributed by atoms with van der Waals surface area (Å²) in [6.45, 7) is 0. The van der Waals surface area contributed by atoms with Crippen molar-refractivity contribution in [1.82, 2.24) is 0 Å². The van der Waals surface area contributed by atoms with Crippen molar-refractivity contribution in [2.75, 3.05) is 0 Å². The fourth-order valence-corrected chi connectivity index (χ4v) is 11.0. The normalized spacial score (nSPS) is 13.8. The molecule has 0 unspecified atom stereocenters. The minimum atomic E-state index is -0.395. The second-order valence-electron chi connectivity index (χ2n) is 13.9. The molecule has 0 saturated carbocycles. The van der Waals surface area contributed by atoms with E-state index < -0.39 is 5.41 Å². The zero-order valence-corrected chi connectivity index (χ0v) is 27.9. The average Bonchev–Trinajstić information content (AvgIpc) is 3.71. The molecule has 9 aromatic carbocycles. The van der Waals surface area contributed by atoms with Crippen LogP contribution in [0.2, 0.25) is 0 Å². The third-order valence-corrected chi connectivity index (χ3v) is 12.8. The van der Waals surface area contributed by atoms with E-state index in [9.17, 15) is 0 Å². The first-order chi connectivity index (χ1) is 24.8. The van der Waals surface area contributed by atoms with Gasteiger partial charge in [0.05, 0.1) is 5.41 Å². The Morgan fingerprint density at radius 3 is 1.58 bits per heavy atom. The highest BCUT2D eigenvalue weighted by Crippen LogP contribution is 2.62. The van der Waals surface area contributed by atoms with Crippen molar-refractivity contribution in [2.24, 2.45) is 0 Å². The fourth-order valence-electron chi connectivity index (χ4n) is 9.81. The van der Waals surface area contributed by atoms with Crippen LogP contribution in [0.25, 0.3) is 85.9 Å². The molecule has 0 aliphatic heterocycles. The molecule has 1 aromatic heterocycles. The number of hydrogen-bond acceptors (Lipinski definition) is 1. The molecule has 50 heavy (non-hydrogen) atoms. The van der Waals surface area contributed by atoms with Crippen molar-refractivity contribution in [3.63, 3.8) is 0 Å². The highest BCUT2D eigenvalue weighted by Gasteiger charge is 2.49. The van der Waals surface area contributed by atoms with Gasteiger partial charge in [-0.2, -0.15) is 0 Å². The number of benzene rings is 9. The molecule has 0 fully saturated rings. The van der Waals surface area contributed by atoms with Gasteiger partial charge in [0, 0.05) is 20.2 Å². The quantitative estimate of drug-likeness (QED) is 0.166. The Morgan fingerprint density at radius 2 is 0.840 bits per heavy atom. The van der Waals surface area contributed by atoms with E-state index in [-0.39, 0.29) is 0 Å². The van der Waals surface area contributed by atoms with E-state index in [1.807, 2.05) is 11.3 Å². The van der Waals surface area contributed by atoms with Gasteiger partial charge in [0.1, 0.15) is 0 Å². The molecule has 0 bridgehead atoms. The van der Waals surface area contributed by atoms with Gasteiger partial charge in [0.2, 0.25) is 0 Å². The van der Waals surface area contributed by atoms with Crippen LogP contribution in [0.4, 0.5) is 0 Å². The van der Waals surface area contributed by atoms with Crippen LogP contribution in [0, 0.1) is 0 Å². The molecule has 0 nitrogen and oxygen atoms in total. The summed E-state index contributed by atoms with van der Waals surface area (Å²) in [4.78, 5) is 0. The Balaban J connectivity index is 1.22. The maximum Gasteiger partial charge on any atom is 0.0725 e. The summed E-state index contributed by atoms with van der Waals surface area (Å²) in [5, 5.41) is 10.7. The molecule has 0 N–H and O–H groups in total. The third kappa shape index (κ3) is 3.18. The van der Waals surface area contributed by atoms with Crippen molar-refractivity contribution >= 4 is 63.8 Å². The van der Waals surface area contributed by atoms with E-state index in [4.69, 9.17) is 0 Å². The number of rotatable bonds is 1. The van der Waals surface area contributed by atoms with Gasteiger partial charge in [-0.25, -0.2) is 0 Å². The van der Waals surface area contributed by atoms with E-state index in [0.717, 1.165) is 0 Å². The van der Waals surface area contributed by atoms with Gasteiger partial charge in [-0.15, -0.1) is 11.3 Å². The predicted octanol–water partition coefficient (Wildman–Crippen LogP) is 13.5. The van der Waals surface area contributed by atoms with Crippen molar-refractivity contribution in [1.29, 1.82) is 0 Å². The van der Waals surface area contributed by atoms with Crippen LogP contribution in [-0.2, 0) is 5.41 Å². The zero-order chi connectivity index (χ0) is 32.6. The molecule has 1 heteroatoms. The van der Waals surface area contributed by atoms with E-state index in [1.54, 1.807) is 0 Å². The van der Waals surface area contributed by atoms with Gasteiger partial charge in [-0.1, -0.05) is 158 Å². The number of fused-ring (bicyclic) bond motifs is 16. The van der Waals surface area contributed by atoms with E-state index in [2.05, 4.69) is 170 Å². The fraction of sp³-hybridized carbons (Fsp3) is 0.0204. The Bertz CT molecular complexity index is 3060. The van der Waals surface area contributed by atoms with E-state index >= 15 is 0 Å². The molecule has 2 aliphatic carbocycles. The summed E-state index contributed by atoms with van der Waals surface area (Å²) in [7, 11) is 0. The molecule has 0 radical (unpaired) electrons. The molecule has 1 heterocycles. The molecule has 12 rings (SSSR count). The maximum absolute atomic E-state index is 2.48. The first-order valence-electron chi connectivity index (χ1n) is 17.4. The lowest BCUT2D eigenvalue weighted by Crippen LogP contribution is -2.31. The Kier molecular flexibility index (Phi) is 5.14. The molecule has 0 atom stereocenters. The Hall–Kier alpha value is -6.02. The average molecular weight is 649 g/mol. The van der Waals surface area contributed by atoms with Gasteiger partial charge in [0.15, 0.2) is 0 Å². The van der Waals surface area contributed by atoms with Crippen molar-refractivity contribution < 1.29 is 0 Å². The first kappa shape index (κ1) is 26.9. The van der Waals surface area contributed by atoms with Gasteiger partial charge in [0.25, 0.3) is 0 Å². The highest BCUT2D eigenvalue weighted by atomic mass is 32.1. The van der Waals surface area contributed by atoms with Crippen LogP contribution in [0.3, 0.4) is 0 Å². The topological polar surface area (TPSA) is 0 Å². The summed E-state index contributed by atoms with van der Waals surface area (Å²) in [6.07, 6.45) is 0. The van der Waals surface area contributed by atoms with Gasteiger partial charge in [-0.05, 0) is 100 Å². The van der Waals surface area contributed by atoms with Crippen LogP contribution in [0.5, 0.6) is 0 Å². The summed E-state index contributed by atoms with van der Waals surface area (Å²) >= 11 is 1.92. The second-order valence-corrected chi connectivity index (χ2v) is 15.0. The van der Waals surface area contributed by atoms with E-state index in [0.29, 0.717) is 0 Å². The molecule has 10 aromatic rings. The highest BCUT2D eigenvalue weighted by molar-refractivity contribution is 7.26. The minimum Gasteiger partial charge on any atom is -0.135 e. The third-order valence-electron chi connectivity index (χ3n) is 11.7. The smallest absolute Gasteiger partial charge is 0.0725 e. The van der Waals surface area contributed by atoms with Crippen molar-refractivity contribution in [2.45, 2.75) is 5.41 Å². The molecule has 230 valence electrons. The zero-order valence-electron chi connectivity index (χ0n) is 27.1. The van der Waals surface area contributed by atoms with Crippen LogP contribution >= 0.6 is 11.3 Å². The lowest BCUT2D eigenvalue weighted by molar-refractivity contribution is 0.773. The SMILES string of the molecule is c1ccc2c(c1)-c1ccccc1C21c2ccccc2-c2ccc(-c3cc4sc5ccc6ccccc6c5c4c4ccccc34)c3cccc1c23. The number of hydrogen-bond donors (Lipinski definition) is 0. The van der Waals surface area contributed by atoms with Crippen LogP contribution in [0.1, 0.15) is 22.3 Å². The van der Waals surface area contributed by atoms with Crippen LogP contribution in [-0.4, -0.2) is 0 Å². The molecule has 1 spiro atoms. The summed E-state index contributed by atoms with van der Waals surface area (Å²) < 4.78 is 2.68. The van der Waals surface area contributed by atoms with Crippen LogP contribution < -0.4 is 0 Å². The maximum atomic E-state index is 2.48. The number of thiophene rings is 1. The van der Waals surface area contributed by atoms with Crippen molar-refractivity contribution in [3.8, 4) is 33.4 Å². The molecular formula is C49H28S. The van der Waals surface area contributed by atoms with Crippen LogP contribution in [0.15, 0.2) is 170 Å². The summed E-state index contributed by atoms with van der Waals surface area (Å²) in [5.41, 5.74) is 13.0. The van der Waals surface area contributed by atoms with Gasteiger partial charge >= 0.3 is 0 Å². The predicted molar refractivity (Wildman–Crippen MR) is 214 cm³/mol. The van der Waals surface area contributed by atoms with E-state index in [1.165, 1.54) is 108 Å². The standard InChI is InChI=1S/C49H28S/c1-2-13-30-29(12-1)24-27-44-47(30)48-37-18-4-3-14-31(37)39(28-45(48)50-44)32-25-26-38-35-17-7-10-22-42(35)49(43-23-11-19-36(32)46(38)43)40-20-8-5-15-33(40)34-16-6-9-21-41(34)49/h1-28H. The monoisotopic (exact) mass is 648 g/mol. The Labute approximate surface area is 293 Å².